The lowest BCUT2D eigenvalue weighted by molar-refractivity contribution is -0.132. The number of hydrogen-bond donors (Lipinski definition) is 4. The Morgan fingerprint density at radius 2 is 1.44 bits per heavy atom. The van der Waals surface area contributed by atoms with Crippen molar-refractivity contribution < 1.29 is 24.3 Å². The predicted octanol–water partition coefficient (Wildman–Crippen LogP) is 4.26. The third kappa shape index (κ3) is 8.17. The Morgan fingerprint density at radius 3 is 2.14 bits per heavy atom. The number of carbonyl (C=O) groups is 4. The van der Waals surface area contributed by atoms with Crippen LogP contribution in [0.4, 0.5) is 11.4 Å². The second-order valence-electron chi connectivity index (χ2n) is 10.9. The number of carbonyl (C=O) groups excluding carboxylic acids is 4. The highest BCUT2D eigenvalue weighted by atomic mass is 16.3. The number of benzene rings is 3. The molecule has 1 aliphatic heterocycles. The molecule has 2 atom stereocenters. The van der Waals surface area contributed by atoms with Crippen LogP contribution in [0.15, 0.2) is 72.8 Å². The maximum atomic E-state index is 13.5. The molecular weight excluding hydrogens is 544 g/mol. The number of rotatable bonds is 10. The molecule has 43 heavy (non-hydrogen) atoms. The molecule has 3 aromatic rings. The van der Waals surface area contributed by atoms with Gasteiger partial charge in [-0.2, -0.15) is 0 Å². The molecule has 9 heteroatoms. The second-order valence-corrected chi connectivity index (χ2v) is 10.9. The van der Waals surface area contributed by atoms with E-state index >= 15 is 0 Å². The molecule has 224 valence electrons. The Balaban J connectivity index is 1.35. The van der Waals surface area contributed by atoms with Gasteiger partial charge in [0.15, 0.2) is 0 Å². The minimum atomic E-state index is -0.888. The Kier molecular flexibility index (Phi) is 10.5. The molecule has 0 spiro atoms. The van der Waals surface area contributed by atoms with E-state index in [-0.39, 0.29) is 31.3 Å². The minimum Gasteiger partial charge on any atom is -0.392 e. The van der Waals surface area contributed by atoms with Crippen molar-refractivity contribution in [2.75, 3.05) is 10.2 Å². The summed E-state index contributed by atoms with van der Waals surface area (Å²) < 4.78 is 0. The summed E-state index contributed by atoms with van der Waals surface area (Å²) in [5.74, 6) is -1.80. The van der Waals surface area contributed by atoms with Crippen molar-refractivity contribution in [2.24, 2.45) is 5.92 Å². The number of hydrogen-bond acceptors (Lipinski definition) is 5. The molecule has 4 rings (SSSR count). The van der Waals surface area contributed by atoms with E-state index < -0.39 is 29.8 Å². The third-order valence-electron chi connectivity index (χ3n) is 7.34. The number of nitrogens with zero attached hydrogens (tertiary/aromatic N) is 1. The van der Waals surface area contributed by atoms with Gasteiger partial charge < -0.3 is 26.0 Å². The molecule has 1 aliphatic rings. The molecule has 0 saturated heterocycles. The normalized spacial score (nSPS) is 14.3. The SMILES string of the molecule is CC(C)[C@H](NC(=O)CCC(=O)N1Cc2ccccc2/C=C\c2ccccc21)C(=O)N[C@@H](C)C(=O)Nc1ccc(CO)cc1. The second kappa shape index (κ2) is 14.4. The molecule has 0 radical (unpaired) electrons. The Bertz CT molecular complexity index is 1500. The van der Waals surface area contributed by atoms with Crippen LogP contribution in [0.1, 0.15) is 55.9 Å². The molecule has 4 N–H and O–H groups in total. The van der Waals surface area contributed by atoms with E-state index in [1.165, 1.54) is 0 Å². The van der Waals surface area contributed by atoms with Crippen molar-refractivity contribution >= 4 is 47.2 Å². The van der Waals surface area contributed by atoms with Gasteiger partial charge in [0.1, 0.15) is 12.1 Å². The molecule has 9 nitrogen and oxygen atoms in total. The van der Waals surface area contributed by atoms with Crippen LogP contribution >= 0.6 is 0 Å². The van der Waals surface area contributed by atoms with Crippen molar-refractivity contribution in [2.45, 2.75) is 58.8 Å². The molecule has 1 heterocycles. The lowest BCUT2D eigenvalue weighted by Gasteiger charge is -2.27. The summed E-state index contributed by atoms with van der Waals surface area (Å²) >= 11 is 0. The van der Waals surface area contributed by atoms with Crippen molar-refractivity contribution in [3.8, 4) is 0 Å². The van der Waals surface area contributed by atoms with Crippen LogP contribution in [0.3, 0.4) is 0 Å². The zero-order chi connectivity index (χ0) is 30.9. The average Bonchev–Trinajstić information content (AvgIpc) is 2.99. The van der Waals surface area contributed by atoms with Crippen molar-refractivity contribution in [3.63, 3.8) is 0 Å². The topological polar surface area (TPSA) is 128 Å². The summed E-state index contributed by atoms with van der Waals surface area (Å²) in [5.41, 5.74) is 4.96. The Hall–Kier alpha value is -4.76. The highest BCUT2D eigenvalue weighted by Gasteiger charge is 2.28. The number of aliphatic hydroxyl groups is 1. The lowest BCUT2D eigenvalue weighted by atomic mass is 10.0. The van der Waals surface area contributed by atoms with Crippen molar-refractivity contribution in [1.82, 2.24) is 10.6 Å². The highest BCUT2D eigenvalue weighted by molar-refractivity contribution is 6.00. The van der Waals surface area contributed by atoms with Gasteiger partial charge in [-0.3, -0.25) is 19.2 Å². The number of anilines is 2. The van der Waals surface area contributed by atoms with Crippen molar-refractivity contribution in [1.29, 1.82) is 0 Å². The van der Waals surface area contributed by atoms with E-state index in [1.54, 1.807) is 49.9 Å². The van der Waals surface area contributed by atoms with Gasteiger partial charge in [-0.25, -0.2) is 0 Å². The number of aliphatic hydroxyl groups excluding tert-OH is 1. The van der Waals surface area contributed by atoms with Gasteiger partial charge in [0.2, 0.25) is 23.6 Å². The molecule has 3 aromatic carbocycles. The third-order valence-corrected chi connectivity index (χ3v) is 7.34. The van der Waals surface area contributed by atoms with Gasteiger partial charge in [0, 0.05) is 18.5 Å². The number of amides is 4. The minimum absolute atomic E-state index is 0.0354. The van der Waals surface area contributed by atoms with Crippen LogP contribution in [0.2, 0.25) is 0 Å². The fourth-order valence-electron chi connectivity index (χ4n) is 4.82. The van der Waals surface area contributed by atoms with Gasteiger partial charge >= 0.3 is 0 Å². The van der Waals surface area contributed by atoms with Crippen LogP contribution < -0.4 is 20.9 Å². The quantitative estimate of drug-likeness (QED) is 0.284. The smallest absolute Gasteiger partial charge is 0.246 e. The first-order chi connectivity index (χ1) is 20.7. The summed E-state index contributed by atoms with van der Waals surface area (Å²) in [7, 11) is 0. The summed E-state index contributed by atoms with van der Waals surface area (Å²) in [6, 6.07) is 20.5. The number of fused-ring (bicyclic) bond motifs is 2. The Morgan fingerprint density at radius 1 is 0.791 bits per heavy atom. The molecule has 0 unspecified atom stereocenters. The van der Waals surface area contributed by atoms with E-state index in [0.29, 0.717) is 17.8 Å². The zero-order valence-corrected chi connectivity index (χ0v) is 24.7. The van der Waals surface area contributed by atoms with Gasteiger partial charge in [0.25, 0.3) is 0 Å². The summed E-state index contributed by atoms with van der Waals surface area (Å²) in [6.45, 7) is 5.42. The molecule has 4 amide bonds. The zero-order valence-electron chi connectivity index (χ0n) is 24.7. The maximum absolute atomic E-state index is 13.5. The van der Waals surface area contributed by atoms with E-state index in [0.717, 1.165) is 22.4 Å². The summed E-state index contributed by atoms with van der Waals surface area (Å²) in [5, 5.41) is 17.3. The van der Waals surface area contributed by atoms with Crippen LogP contribution in [-0.2, 0) is 32.3 Å². The standard InChI is InChI=1S/C34H38N4O5/c1-22(2)32(34(43)35-23(3)33(42)36-28-16-12-24(21-39)13-17-28)37-30(40)18-19-31(41)38-20-27-10-5-4-8-25(27)14-15-26-9-6-7-11-29(26)38/h4-17,22-23,32,39H,18-21H2,1-3H3,(H,35,43)(H,36,42)(H,37,40)/b15-14-/t23-,32-/m0/s1. The number of para-hydroxylation sites is 1. The first-order valence-corrected chi connectivity index (χ1v) is 14.4. The Labute approximate surface area is 252 Å². The highest BCUT2D eigenvalue weighted by Crippen LogP contribution is 2.29. The van der Waals surface area contributed by atoms with Gasteiger partial charge in [-0.05, 0) is 53.3 Å². The largest absolute Gasteiger partial charge is 0.392 e. The van der Waals surface area contributed by atoms with E-state index in [2.05, 4.69) is 16.0 Å². The average molecular weight is 583 g/mol. The van der Waals surface area contributed by atoms with E-state index in [1.807, 2.05) is 60.7 Å². The first kappa shape index (κ1) is 31.2. The van der Waals surface area contributed by atoms with Crippen LogP contribution in [-0.4, -0.2) is 40.8 Å². The van der Waals surface area contributed by atoms with Crippen molar-refractivity contribution in [3.05, 3.63) is 95.1 Å². The molecule has 0 aliphatic carbocycles. The first-order valence-electron chi connectivity index (χ1n) is 14.4. The molecule has 0 aromatic heterocycles. The van der Waals surface area contributed by atoms with E-state index in [4.69, 9.17) is 0 Å². The number of nitrogens with one attached hydrogen (secondary N) is 3. The molecule has 0 saturated carbocycles. The fourth-order valence-corrected chi connectivity index (χ4v) is 4.82. The van der Waals surface area contributed by atoms with Crippen LogP contribution in [0.25, 0.3) is 12.2 Å². The molecule has 0 bridgehead atoms. The molecule has 0 fully saturated rings. The maximum Gasteiger partial charge on any atom is 0.246 e. The van der Waals surface area contributed by atoms with Crippen LogP contribution in [0.5, 0.6) is 0 Å². The van der Waals surface area contributed by atoms with Gasteiger partial charge in [-0.1, -0.05) is 80.6 Å². The molecular formula is C34H38N4O5. The summed E-state index contributed by atoms with van der Waals surface area (Å²) in [6.07, 6.45) is 3.90. The van der Waals surface area contributed by atoms with E-state index in [9.17, 15) is 24.3 Å². The predicted molar refractivity (Wildman–Crippen MR) is 168 cm³/mol. The van der Waals surface area contributed by atoms with Gasteiger partial charge in [0.05, 0.1) is 18.8 Å². The van der Waals surface area contributed by atoms with Gasteiger partial charge in [-0.15, -0.1) is 0 Å². The van der Waals surface area contributed by atoms with Crippen LogP contribution in [0, 0.1) is 5.92 Å². The fraction of sp³-hybridized carbons (Fsp3) is 0.294. The summed E-state index contributed by atoms with van der Waals surface area (Å²) in [4.78, 5) is 53.9. The monoisotopic (exact) mass is 582 g/mol. The lowest BCUT2D eigenvalue weighted by Crippen LogP contribution is -2.53.